The van der Waals surface area contributed by atoms with Crippen molar-refractivity contribution in [2.45, 2.75) is 57.8 Å². The molecule has 1 aliphatic carbocycles. The molecule has 3 heteroatoms. The first kappa shape index (κ1) is 16.6. The van der Waals surface area contributed by atoms with Crippen molar-refractivity contribution in [3.63, 3.8) is 0 Å². The van der Waals surface area contributed by atoms with E-state index in [2.05, 4.69) is 47.4 Å². The molecule has 2 N–H and O–H groups in total. The van der Waals surface area contributed by atoms with Crippen molar-refractivity contribution in [1.29, 1.82) is 0 Å². The van der Waals surface area contributed by atoms with Gasteiger partial charge in [-0.3, -0.25) is 4.90 Å². The Morgan fingerprint density at radius 2 is 1.96 bits per heavy atom. The first-order valence-corrected chi connectivity index (χ1v) is 9.53. The van der Waals surface area contributed by atoms with Crippen molar-refractivity contribution in [3.8, 4) is 5.75 Å². The first-order chi connectivity index (χ1) is 12.2. The highest BCUT2D eigenvalue weighted by molar-refractivity contribution is 5.42. The summed E-state index contributed by atoms with van der Waals surface area (Å²) in [6, 6.07) is 15.4. The summed E-state index contributed by atoms with van der Waals surface area (Å²) in [5.41, 5.74) is 11.4. The van der Waals surface area contributed by atoms with Gasteiger partial charge >= 0.3 is 0 Å². The minimum absolute atomic E-state index is 0.102. The van der Waals surface area contributed by atoms with Gasteiger partial charge in [-0.25, -0.2) is 0 Å². The first-order valence-electron chi connectivity index (χ1n) is 9.53. The zero-order valence-electron chi connectivity index (χ0n) is 15.1. The molecule has 1 heterocycles. The Bertz CT molecular complexity index is 719. The van der Waals surface area contributed by atoms with Crippen LogP contribution in [0.5, 0.6) is 5.75 Å². The SMILES string of the molecule is C[C@H](N)c1ccc(CN2CCc3c(cccc3OC3CCC3)C2)cc1. The maximum atomic E-state index is 6.21. The monoisotopic (exact) mass is 336 g/mol. The van der Waals surface area contributed by atoms with E-state index in [0.717, 1.165) is 31.8 Å². The van der Waals surface area contributed by atoms with E-state index in [1.807, 2.05) is 6.92 Å². The van der Waals surface area contributed by atoms with Gasteiger partial charge in [0, 0.05) is 25.7 Å². The van der Waals surface area contributed by atoms with Crippen molar-refractivity contribution >= 4 is 0 Å². The topological polar surface area (TPSA) is 38.5 Å². The molecule has 0 radical (unpaired) electrons. The van der Waals surface area contributed by atoms with E-state index in [0.29, 0.717) is 6.10 Å². The van der Waals surface area contributed by atoms with Crippen LogP contribution in [0.15, 0.2) is 42.5 Å². The summed E-state index contributed by atoms with van der Waals surface area (Å²) in [7, 11) is 0. The second kappa shape index (κ2) is 7.19. The maximum Gasteiger partial charge on any atom is 0.123 e. The summed E-state index contributed by atoms with van der Waals surface area (Å²) < 4.78 is 6.21. The van der Waals surface area contributed by atoms with Gasteiger partial charge in [0.05, 0.1) is 6.10 Å². The van der Waals surface area contributed by atoms with E-state index in [1.165, 1.54) is 41.5 Å². The molecule has 2 aromatic rings. The molecule has 132 valence electrons. The highest BCUT2D eigenvalue weighted by Crippen LogP contribution is 2.32. The smallest absolute Gasteiger partial charge is 0.123 e. The number of hydrogen-bond acceptors (Lipinski definition) is 3. The number of nitrogens with two attached hydrogens (primary N) is 1. The molecule has 2 aromatic carbocycles. The summed E-state index contributed by atoms with van der Waals surface area (Å²) in [6.45, 7) is 5.12. The molecule has 25 heavy (non-hydrogen) atoms. The van der Waals surface area contributed by atoms with Gasteiger partial charge in [0.25, 0.3) is 0 Å². The second-order valence-electron chi connectivity index (χ2n) is 7.56. The minimum Gasteiger partial charge on any atom is -0.490 e. The number of benzene rings is 2. The lowest BCUT2D eigenvalue weighted by molar-refractivity contribution is 0.117. The molecule has 1 saturated carbocycles. The molecule has 1 fully saturated rings. The number of hydrogen-bond donors (Lipinski definition) is 1. The molecule has 0 unspecified atom stereocenters. The van der Waals surface area contributed by atoms with Crippen molar-refractivity contribution in [2.24, 2.45) is 5.73 Å². The average molecular weight is 336 g/mol. The standard InChI is InChI=1S/C22H28N2O/c1-16(23)18-10-8-17(9-11-18)14-24-13-12-21-19(15-24)4-2-7-22(21)25-20-5-3-6-20/h2,4,7-11,16,20H,3,5-6,12-15,23H2,1H3/t16-/m0/s1. The van der Waals surface area contributed by atoms with E-state index in [9.17, 15) is 0 Å². The lowest BCUT2D eigenvalue weighted by Gasteiger charge is -2.32. The van der Waals surface area contributed by atoms with Crippen LogP contribution in [-0.2, 0) is 19.5 Å². The lowest BCUT2D eigenvalue weighted by atomic mass is 9.95. The van der Waals surface area contributed by atoms with Crippen molar-refractivity contribution in [1.82, 2.24) is 4.90 Å². The predicted molar refractivity (Wildman–Crippen MR) is 102 cm³/mol. The molecule has 0 amide bonds. The second-order valence-corrected chi connectivity index (χ2v) is 7.56. The van der Waals surface area contributed by atoms with Gasteiger partial charge in [-0.1, -0.05) is 36.4 Å². The van der Waals surface area contributed by atoms with Crippen LogP contribution in [0.4, 0.5) is 0 Å². The largest absolute Gasteiger partial charge is 0.490 e. The zero-order valence-corrected chi connectivity index (χ0v) is 15.1. The van der Waals surface area contributed by atoms with E-state index in [-0.39, 0.29) is 6.04 Å². The quantitative estimate of drug-likeness (QED) is 0.889. The number of rotatable bonds is 5. The Balaban J connectivity index is 1.43. The Morgan fingerprint density at radius 3 is 2.64 bits per heavy atom. The van der Waals surface area contributed by atoms with Crippen LogP contribution >= 0.6 is 0 Å². The maximum absolute atomic E-state index is 6.21. The molecule has 3 nitrogen and oxygen atoms in total. The van der Waals surface area contributed by atoms with Crippen LogP contribution in [0.1, 0.15) is 54.5 Å². The normalized spacial score (nSPS) is 19.1. The molecule has 0 saturated heterocycles. The third kappa shape index (κ3) is 3.73. The highest BCUT2D eigenvalue weighted by atomic mass is 16.5. The fourth-order valence-corrected chi connectivity index (χ4v) is 3.73. The predicted octanol–water partition coefficient (Wildman–Crippen LogP) is 4.20. The van der Waals surface area contributed by atoms with Crippen LogP contribution in [-0.4, -0.2) is 17.5 Å². The summed E-state index contributed by atoms with van der Waals surface area (Å²) >= 11 is 0. The highest BCUT2D eigenvalue weighted by Gasteiger charge is 2.23. The molecule has 2 aliphatic rings. The van der Waals surface area contributed by atoms with Crippen LogP contribution in [0.2, 0.25) is 0 Å². The Kier molecular flexibility index (Phi) is 4.78. The van der Waals surface area contributed by atoms with Gasteiger partial charge in [0.1, 0.15) is 5.75 Å². The third-order valence-electron chi connectivity index (χ3n) is 5.56. The van der Waals surface area contributed by atoms with Crippen molar-refractivity contribution in [2.75, 3.05) is 6.54 Å². The molecule has 0 aromatic heterocycles. The Labute approximate surface area is 150 Å². The van der Waals surface area contributed by atoms with E-state index < -0.39 is 0 Å². The van der Waals surface area contributed by atoms with Gasteiger partial charge in [0.15, 0.2) is 0 Å². The fourth-order valence-electron chi connectivity index (χ4n) is 3.73. The molecule has 0 bridgehead atoms. The summed E-state index contributed by atoms with van der Waals surface area (Å²) in [5.74, 6) is 1.13. The van der Waals surface area contributed by atoms with Crippen LogP contribution in [0.3, 0.4) is 0 Å². The van der Waals surface area contributed by atoms with Crippen molar-refractivity contribution in [3.05, 3.63) is 64.7 Å². The zero-order chi connectivity index (χ0) is 17.2. The average Bonchev–Trinajstić information content (AvgIpc) is 2.58. The molecular formula is C22H28N2O. The fraction of sp³-hybridized carbons (Fsp3) is 0.455. The van der Waals surface area contributed by atoms with Gasteiger partial charge < -0.3 is 10.5 Å². The number of fused-ring (bicyclic) bond motifs is 1. The Hall–Kier alpha value is -1.84. The van der Waals surface area contributed by atoms with Crippen LogP contribution < -0.4 is 10.5 Å². The molecule has 1 atom stereocenters. The van der Waals surface area contributed by atoms with Crippen LogP contribution in [0, 0.1) is 0 Å². The lowest BCUT2D eigenvalue weighted by Crippen LogP contribution is -2.31. The van der Waals surface area contributed by atoms with E-state index in [1.54, 1.807) is 0 Å². The van der Waals surface area contributed by atoms with Gasteiger partial charge in [0.2, 0.25) is 0 Å². The third-order valence-corrected chi connectivity index (χ3v) is 5.56. The van der Waals surface area contributed by atoms with E-state index in [4.69, 9.17) is 10.5 Å². The van der Waals surface area contributed by atoms with Gasteiger partial charge in [-0.05, 0) is 60.9 Å². The number of nitrogens with zero attached hydrogens (tertiary/aromatic N) is 1. The molecule has 0 spiro atoms. The molecule has 1 aliphatic heterocycles. The Morgan fingerprint density at radius 1 is 1.16 bits per heavy atom. The summed E-state index contributed by atoms with van der Waals surface area (Å²) in [4.78, 5) is 2.52. The number of ether oxygens (including phenoxy) is 1. The summed E-state index contributed by atoms with van der Waals surface area (Å²) in [5, 5.41) is 0. The van der Waals surface area contributed by atoms with Gasteiger partial charge in [-0.15, -0.1) is 0 Å². The van der Waals surface area contributed by atoms with Crippen molar-refractivity contribution < 1.29 is 4.74 Å². The summed E-state index contributed by atoms with van der Waals surface area (Å²) in [6.07, 6.45) is 5.28. The molecule has 4 rings (SSSR count). The van der Waals surface area contributed by atoms with E-state index >= 15 is 0 Å². The minimum atomic E-state index is 0.102. The molecular weight excluding hydrogens is 308 g/mol. The van der Waals surface area contributed by atoms with Crippen LogP contribution in [0.25, 0.3) is 0 Å². The van der Waals surface area contributed by atoms with Gasteiger partial charge in [-0.2, -0.15) is 0 Å².